The summed E-state index contributed by atoms with van der Waals surface area (Å²) < 4.78 is 26.3. The van der Waals surface area contributed by atoms with Crippen molar-refractivity contribution < 1.29 is 13.2 Å². The molecule has 1 amide bonds. The number of rotatable bonds is 3. The number of fused-ring (bicyclic) bond motifs is 1. The first kappa shape index (κ1) is 13.8. The maximum Gasteiger partial charge on any atom is 0.264 e. The Hall–Kier alpha value is -2.19. The largest absolute Gasteiger partial charge is 0.347 e. The number of carbonyl (C=O) groups is 1. The highest BCUT2D eigenvalue weighted by Gasteiger charge is 2.28. The molecule has 1 atom stereocenters. The molecule has 8 heteroatoms. The summed E-state index contributed by atoms with van der Waals surface area (Å²) in [6, 6.07) is 7.19. The van der Waals surface area contributed by atoms with Crippen LogP contribution in [0.2, 0.25) is 0 Å². The van der Waals surface area contributed by atoms with Crippen LogP contribution in [0.3, 0.4) is 0 Å². The van der Waals surface area contributed by atoms with Crippen molar-refractivity contribution in [1.82, 2.24) is 20.0 Å². The second-order valence-corrected chi connectivity index (χ2v) is 6.43. The zero-order chi connectivity index (χ0) is 14.9. The average Bonchev–Trinajstić information content (AvgIpc) is 2.95. The summed E-state index contributed by atoms with van der Waals surface area (Å²) in [5.74, 6) is -0.576. The fraction of sp³-hybridized carbons (Fsp3) is 0.231. The lowest BCUT2D eigenvalue weighted by Gasteiger charge is -2.22. The Kier molecular flexibility index (Phi) is 3.48. The van der Waals surface area contributed by atoms with E-state index in [4.69, 9.17) is 0 Å². The zero-order valence-corrected chi connectivity index (χ0v) is 11.9. The summed E-state index contributed by atoms with van der Waals surface area (Å²) in [5.41, 5.74) is 1.70. The third-order valence-electron chi connectivity index (χ3n) is 3.34. The number of aromatic amines is 1. The summed E-state index contributed by atoms with van der Waals surface area (Å²) >= 11 is 0. The monoisotopic (exact) mass is 306 g/mol. The zero-order valence-electron chi connectivity index (χ0n) is 11.0. The Morgan fingerprint density at radius 1 is 1.29 bits per heavy atom. The molecule has 0 aliphatic carbocycles. The van der Waals surface area contributed by atoms with Crippen LogP contribution in [0.25, 0.3) is 0 Å². The number of hydrogen-bond acceptors (Lipinski definition) is 5. The molecule has 110 valence electrons. The number of nitrogens with one attached hydrogen (secondary N) is 3. The topological polar surface area (TPSA) is 104 Å². The number of aromatic nitrogens is 2. The van der Waals surface area contributed by atoms with Crippen molar-refractivity contribution in [2.24, 2.45) is 0 Å². The highest BCUT2D eigenvalue weighted by atomic mass is 32.2. The molecule has 0 spiro atoms. The highest BCUT2D eigenvalue weighted by Crippen LogP contribution is 2.13. The highest BCUT2D eigenvalue weighted by molar-refractivity contribution is 7.90. The van der Waals surface area contributed by atoms with Crippen molar-refractivity contribution in [3.8, 4) is 0 Å². The quantitative estimate of drug-likeness (QED) is 0.736. The van der Waals surface area contributed by atoms with E-state index in [1.165, 1.54) is 12.1 Å². The molecule has 1 aromatic carbocycles. The fourth-order valence-electron chi connectivity index (χ4n) is 2.22. The first-order chi connectivity index (χ1) is 10.1. The summed E-state index contributed by atoms with van der Waals surface area (Å²) in [6.07, 6.45) is 1.92. The molecule has 3 rings (SSSR count). The van der Waals surface area contributed by atoms with Crippen molar-refractivity contribution in [2.45, 2.75) is 23.9 Å². The van der Waals surface area contributed by atoms with E-state index in [0.29, 0.717) is 13.0 Å². The lowest BCUT2D eigenvalue weighted by atomic mass is 10.1. The third kappa shape index (κ3) is 2.81. The maximum absolute atomic E-state index is 12.1. The molecule has 0 radical (unpaired) electrons. The minimum Gasteiger partial charge on any atom is -0.347 e. The number of imidazole rings is 1. The normalized spacial score (nSPS) is 18.0. The van der Waals surface area contributed by atoms with E-state index in [9.17, 15) is 13.2 Å². The van der Waals surface area contributed by atoms with Gasteiger partial charge in [-0.2, -0.15) is 0 Å². The molecule has 21 heavy (non-hydrogen) atoms. The van der Waals surface area contributed by atoms with Gasteiger partial charge in [0, 0.05) is 13.0 Å². The SMILES string of the molecule is O=C(NS(=O)(=O)c1ccccc1)C1Cc2nc[nH]c2CN1. The Morgan fingerprint density at radius 3 is 2.81 bits per heavy atom. The van der Waals surface area contributed by atoms with Crippen LogP contribution in [-0.2, 0) is 27.8 Å². The average molecular weight is 306 g/mol. The molecule has 1 aliphatic heterocycles. The number of H-pyrrole nitrogens is 1. The Balaban J connectivity index is 1.73. The van der Waals surface area contributed by atoms with Gasteiger partial charge in [0.05, 0.1) is 28.7 Å². The second-order valence-electron chi connectivity index (χ2n) is 4.75. The number of benzene rings is 1. The predicted molar refractivity (Wildman–Crippen MR) is 74.7 cm³/mol. The van der Waals surface area contributed by atoms with Gasteiger partial charge in [0.1, 0.15) is 0 Å². The summed E-state index contributed by atoms with van der Waals surface area (Å²) in [7, 11) is -3.84. The van der Waals surface area contributed by atoms with Gasteiger partial charge >= 0.3 is 0 Å². The summed E-state index contributed by atoms with van der Waals surface area (Å²) in [4.78, 5) is 19.3. The van der Waals surface area contributed by atoms with Gasteiger partial charge in [0.2, 0.25) is 0 Å². The Morgan fingerprint density at radius 2 is 2.05 bits per heavy atom. The smallest absolute Gasteiger partial charge is 0.264 e. The number of carbonyl (C=O) groups excluding carboxylic acids is 1. The van der Waals surface area contributed by atoms with E-state index < -0.39 is 22.0 Å². The molecule has 2 heterocycles. The molecule has 1 unspecified atom stereocenters. The molecule has 0 bridgehead atoms. The molecule has 1 aliphatic rings. The predicted octanol–water partition coefficient (Wildman–Crippen LogP) is -0.0709. The van der Waals surface area contributed by atoms with Gasteiger partial charge in [0.25, 0.3) is 15.9 Å². The van der Waals surface area contributed by atoms with Gasteiger partial charge in [-0.25, -0.2) is 18.1 Å². The van der Waals surface area contributed by atoms with Crippen LogP contribution in [0.4, 0.5) is 0 Å². The fourth-order valence-corrected chi connectivity index (χ4v) is 3.26. The van der Waals surface area contributed by atoms with Gasteiger partial charge in [-0.1, -0.05) is 18.2 Å². The first-order valence-electron chi connectivity index (χ1n) is 6.42. The lowest BCUT2D eigenvalue weighted by molar-refractivity contribution is -0.121. The van der Waals surface area contributed by atoms with E-state index in [1.807, 2.05) is 0 Å². The lowest BCUT2D eigenvalue weighted by Crippen LogP contribution is -2.49. The van der Waals surface area contributed by atoms with Crippen LogP contribution < -0.4 is 10.0 Å². The van der Waals surface area contributed by atoms with Crippen LogP contribution in [0.15, 0.2) is 41.6 Å². The first-order valence-corrected chi connectivity index (χ1v) is 7.91. The number of hydrogen-bond donors (Lipinski definition) is 3. The van der Waals surface area contributed by atoms with Crippen LogP contribution in [0, 0.1) is 0 Å². The Labute approximate surface area is 121 Å². The van der Waals surface area contributed by atoms with Gasteiger partial charge in [-0.05, 0) is 12.1 Å². The van der Waals surface area contributed by atoms with Crippen molar-refractivity contribution in [2.75, 3.05) is 0 Å². The maximum atomic E-state index is 12.1. The number of sulfonamides is 1. The van der Waals surface area contributed by atoms with Gasteiger partial charge in [0.15, 0.2) is 0 Å². The third-order valence-corrected chi connectivity index (χ3v) is 4.70. The Bertz CT molecular complexity index is 755. The second kappa shape index (κ2) is 5.30. The molecule has 3 N–H and O–H groups in total. The van der Waals surface area contributed by atoms with Crippen LogP contribution in [0.1, 0.15) is 11.4 Å². The van der Waals surface area contributed by atoms with Crippen molar-refractivity contribution in [1.29, 1.82) is 0 Å². The molecule has 0 saturated carbocycles. The van der Waals surface area contributed by atoms with Crippen LogP contribution in [-0.4, -0.2) is 30.3 Å². The van der Waals surface area contributed by atoms with E-state index in [2.05, 4.69) is 20.0 Å². The van der Waals surface area contributed by atoms with Crippen molar-refractivity contribution in [3.63, 3.8) is 0 Å². The molecule has 7 nitrogen and oxygen atoms in total. The van der Waals surface area contributed by atoms with E-state index in [1.54, 1.807) is 24.5 Å². The standard InChI is InChI=1S/C13H14N4O3S/c18-13(11-6-10-12(7-14-11)16-8-15-10)17-21(19,20)9-4-2-1-3-5-9/h1-5,8,11,14H,6-7H2,(H,15,16)(H,17,18). The van der Waals surface area contributed by atoms with Crippen LogP contribution in [0.5, 0.6) is 0 Å². The van der Waals surface area contributed by atoms with E-state index in [-0.39, 0.29) is 4.90 Å². The van der Waals surface area contributed by atoms with E-state index >= 15 is 0 Å². The molecular weight excluding hydrogens is 292 g/mol. The van der Waals surface area contributed by atoms with Gasteiger partial charge in [-0.15, -0.1) is 0 Å². The number of amides is 1. The minimum atomic E-state index is -3.84. The molecule has 0 fully saturated rings. The van der Waals surface area contributed by atoms with E-state index in [0.717, 1.165) is 11.4 Å². The van der Waals surface area contributed by atoms with Crippen molar-refractivity contribution >= 4 is 15.9 Å². The summed E-state index contributed by atoms with van der Waals surface area (Å²) in [5, 5.41) is 2.99. The minimum absolute atomic E-state index is 0.0645. The number of nitrogens with zero attached hydrogens (tertiary/aromatic N) is 1. The molecule has 2 aromatic rings. The molecular formula is C13H14N4O3S. The molecule has 1 aromatic heterocycles. The summed E-state index contributed by atoms with van der Waals surface area (Å²) in [6.45, 7) is 0.457. The van der Waals surface area contributed by atoms with Gasteiger partial charge in [-0.3, -0.25) is 10.1 Å². The van der Waals surface area contributed by atoms with Gasteiger partial charge < -0.3 is 4.98 Å². The van der Waals surface area contributed by atoms with Crippen molar-refractivity contribution in [3.05, 3.63) is 48.0 Å². The van der Waals surface area contributed by atoms with Crippen LogP contribution >= 0.6 is 0 Å². The molecule has 0 saturated heterocycles.